The lowest BCUT2D eigenvalue weighted by Crippen LogP contribution is -2.57. The molecule has 1 saturated heterocycles. The first-order valence-electron chi connectivity index (χ1n) is 16.5. The second kappa shape index (κ2) is 17.6. The van der Waals surface area contributed by atoms with Crippen molar-refractivity contribution in [3.05, 3.63) is 89.7 Å². The molecule has 0 radical (unpaired) electrons. The highest BCUT2D eigenvalue weighted by atomic mass is 32.2. The summed E-state index contributed by atoms with van der Waals surface area (Å²) < 4.78 is 0. The number of benzene rings is 2. The summed E-state index contributed by atoms with van der Waals surface area (Å²) in [5, 5.41) is 11.4. The standard InChI is InChI=1S/C37H46N6O5S/c1-23(2)33-36(47)41-30(17-19-49-5)35(46)39-25(4)34(45)40-28(20-26-12-8-6-9-13-26)21-43(22-31(44)42-33)37(48)32-24(3)38-18-16-29(32)27-14-10-7-11-15-27/h6-16,18,23,25,28,30,33H,17,19-22H2,1-5H3,(H,39,46)(H,40,45)(H,41,47)(H,42,44)/t25-,28+,30-,33-/m0/s1. The molecule has 1 aromatic heterocycles. The van der Waals surface area contributed by atoms with Crippen LogP contribution in [0.5, 0.6) is 0 Å². The molecular formula is C37H46N6O5S. The van der Waals surface area contributed by atoms with Crippen molar-refractivity contribution in [1.82, 2.24) is 31.2 Å². The molecule has 0 aliphatic carbocycles. The third-order valence-electron chi connectivity index (χ3n) is 8.43. The lowest BCUT2D eigenvalue weighted by molar-refractivity contribution is -0.134. The molecule has 4 rings (SSSR count). The van der Waals surface area contributed by atoms with Gasteiger partial charge in [-0.25, -0.2) is 0 Å². The molecule has 0 bridgehead atoms. The summed E-state index contributed by atoms with van der Waals surface area (Å²) in [6.07, 6.45) is 4.22. The molecule has 5 amide bonds. The summed E-state index contributed by atoms with van der Waals surface area (Å²) in [5.74, 6) is -2.21. The third kappa shape index (κ3) is 10.1. The number of aromatic nitrogens is 1. The van der Waals surface area contributed by atoms with Crippen LogP contribution in [0, 0.1) is 12.8 Å². The van der Waals surface area contributed by atoms with Gasteiger partial charge in [-0.2, -0.15) is 11.8 Å². The highest BCUT2D eigenvalue weighted by Crippen LogP contribution is 2.26. The first kappa shape index (κ1) is 37.1. The summed E-state index contributed by atoms with van der Waals surface area (Å²) in [4.78, 5) is 74.8. The maximum atomic E-state index is 14.6. The zero-order valence-corrected chi connectivity index (χ0v) is 29.5. The van der Waals surface area contributed by atoms with Crippen molar-refractivity contribution >= 4 is 41.3 Å². The van der Waals surface area contributed by atoms with Crippen molar-refractivity contribution in [2.45, 2.75) is 64.7 Å². The van der Waals surface area contributed by atoms with Gasteiger partial charge in [-0.1, -0.05) is 74.5 Å². The lowest BCUT2D eigenvalue weighted by atomic mass is 9.97. The van der Waals surface area contributed by atoms with E-state index >= 15 is 0 Å². The fourth-order valence-corrected chi connectivity index (χ4v) is 6.27. The number of pyridine rings is 1. The van der Waals surface area contributed by atoms with Gasteiger partial charge in [0, 0.05) is 12.7 Å². The predicted molar refractivity (Wildman–Crippen MR) is 192 cm³/mol. The van der Waals surface area contributed by atoms with Gasteiger partial charge in [-0.3, -0.25) is 29.0 Å². The quantitative estimate of drug-likeness (QED) is 0.285. The van der Waals surface area contributed by atoms with E-state index in [-0.39, 0.29) is 19.0 Å². The minimum absolute atomic E-state index is 0.0367. The van der Waals surface area contributed by atoms with Crippen molar-refractivity contribution in [3.8, 4) is 11.1 Å². The third-order valence-corrected chi connectivity index (χ3v) is 9.08. The van der Waals surface area contributed by atoms with Gasteiger partial charge in [0.15, 0.2) is 0 Å². The Morgan fingerprint density at radius 1 is 0.898 bits per heavy atom. The van der Waals surface area contributed by atoms with Gasteiger partial charge in [0.05, 0.1) is 23.8 Å². The first-order chi connectivity index (χ1) is 23.5. The van der Waals surface area contributed by atoms with E-state index in [0.717, 1.165) is 11.1 Å². The summed E-state index contributed by atoms with van der Waals surface area (Å²) in [6, 6.07) is 17.3. The highest BCUT2D eigenvalue weighted by molar-refractivity contribution is 7.98. The molecule has 4 atom stereocenters. The van der Waals surface area contributed by atoms with Gasteiger partial charge in [-0.15, -0.1) is 0 Å². The summed E-state index contributed by atoms with van der Waals surface area (Å²) >= 11 is 1.53. The van der Waals surface area contributed by atoms with Crippen molar-refractivity contribution in [3.63, 3.8) is 0 Å². The number of carbonyl (C=O) groups is 5. The summed E-state index contributed by atoms with van der Waals surface area (Å²) in [6.45, 7) is 6.49. The molecule has 3 aromatic rings. The summed E-state index contributed by atoms with van der Waals surface area (Å²) in [7, 11) is 0. The molecular weight excluding hydrogens is 641 g/mol. The Labute approximate surface area is 292 Å². The van der Waals surface area contributed by atoms with Gasteiger partial charge < -0.3 is 26.2 Å². The molecule has 11 nitrogen and oxygen atoms in total. The predicted octanol–water partition coefficient (Wildman–Crippen LogP) is 3.12. The number of carbonyl (C=O) groups excluding carboxylic acids is 5. The largest absolute Gasteiger partial charge is 0.349 e. The smallest absolute Gasteiger partial charge is 0.256 e. The SMILES string of the molecule is CSCC[C@@H]1NC(=O)[C@H](C(C)C)NC(=O)CN(C(=O)c2c(-c3ccccc3)ccnc2C)C[C@@H](Cc2ccccc2)NC(=O)[C@H](C)NC1=O. The number of nitrogens with zero attached hydrogens (tertiary/aromatic N) is 2. The minimum atomic E-state index is -0.975. The van der Waals surface area contributed by atoms with Crippen molar-refractivity contribution < 1.29 is 24.0 Å². The normalized spacial score (nSPS) is 21.1. The topological polar surface area (TPSA) is 150 Å². The Hall–Kier alpha value is -4.71. The molecule has 0 spiro atoms. The zero-order chi connectivity index (χ0) is 35.5. The van der Waals surface area contributed by atoms with Crippen LogP contribution in [0.25, 0.3) is 11.1 Å². The van der Waals surface area contributed by atoms with Crippen LogP contribution in [0.1, 0.15) is 48.8 Å². The second-order valence-electron chi connectivity index (χ2n) is 12.6. The van der Waals surface area contributed by atoms with Crippen LogP contribution >= 0.6 is 11.8 Å². The number of hydrogen-bond donors (Lipinski definition) is 4. The number of thioether (sulfide) groups is 1. The van der Waals surface area contributed by atoms with Gasteiger partial charge in [0.25, 0.3) is 5.91 Å². The van der Waals surface area contributed by atoms with Crippen LogP contribution in [0.4, 0.5) is 0 Å². The van der Waals surface area contributed by atoms with Gasteiger partial charge in [-0.05, 0) is 67.4 Å². The number of hydrogen-bond acceptors (Lipinski definition) is 7. The van der Waals surface area contributed by atoms with E-state index in [4.69, 9.17) is 0 Å². The molecule has 2 heterocycles. The van der Waals surface area contributed by atoms with Crippen molar-refractivity contribution in [2.75, 3.05) is 25.1 Å². The fraction of sp³-hybridized carbons (Fsp3) is 0.405. The van der Waals surface area contributed by atoms with Gasteiger partial charge in [0.2, 0.25) is 23.6 Å². The van der Waals surface area contributed by atoms with E-state index in [2.05, 4.69) is 26.3 Å². The Kier molecular flexibility index (Phi) is 13.3. The van der Waals surface area contributed by atoms with E-state index in [0.29, 0.717) is 35.4 Å². The molecule has 260 valence electrons. The lowest BCUT2D eigenvalue weighted by Gasteiger charge is -2.30. The number of amides is 5. The van der Waals surface area contributed by atoms with E-state index in [1.54, 1.807) is 40.0 Å². The van der Waals surface area contributed by atoms with E-state index in [1.807, 2.05) is 66.9 Å². The van der Waals surface area contributed by atoms with E-state index in [9.17, 15) is 24.0 Å². The molecule has 49 heavy (non-hydrogen) atoms. The first-order valence-corrected chi connectivity index (χ1v) is 17.9. The molecule has 0 unspecified atom stereocenters. The molecule has 1 aliphatic rings. The van der Waals surface area contributed by atoms with E-state index < -0.39 is 53.7 Å². The highest BCUT2D eigenvalue weighted by Gasteiger charge is 2.33. The van der Waals surface area contributed by atoms with Crippen LogP contribution in [0.15, 0.2) is 72.9 Å². The Morgan fingerprint density at radius 2 is 1.57 bits per heavy atom. The monoisotopic (exact) mass is 686 g/mol. The Morgan fingerprint density at radius 3 is 2.22 bits per heavy atom. The van der Waals surface area contributed by atoms with Crippen LogP contribution in [-0.2, 0) is 25.6 Å². The number of aryl methyl sites for hydroxylation is 1. The fourth-order valence-electron chi connectivity index (χ4n) is 5.80. The average Bonchev–Trinajstić information content (AvgIpc) is 3.08. The Balaban J connectivity index is 1.78. The Bertz CT molecular complexity index is 1620. The van der Waals surface area contributed by atoms with Crippen LogP contribution in [0.2, 0.25) is 0 Å². The van der Waals surface area contributed by atoms with Crippen molar-refractivity contribution in [1.29, 1.82) is 0 Å². The van der Waals surface area contributed by atoms with Crippen LogP contribution in [-0.4, -0.2) is 88.7 Å². The molecule has 12 heteroatoms. The van der Waals surface area contributed by atoms with Gasteiger partial charge >= 0.3 is 0 Å². The molecule has 1 fully saturated rings. The second-order valence-corrected chi connectivity index (χ2v) is 13.6. The molecule has 4 N–H and O–H groups in total. The maximum Gasteiger partial charge on any atom is 0.256 e. The zero-order valence-electron chi connectivity index (χ0n) is 28.7. The van der Waals surface area contributed by atoms with E-state index in [1.165, 1.54) is 16.7 Å². The summed E-state index contributed by atoms with van der Waals surface area (Å²) in [5.41, 5.74) is 3.20. The van der Waals surface area contributed by atoms with Crippen molar-refractivity contribution in [2.24, 2.45) is 5.92 Å². The molecule has 1 aliphatic heterocycles. The minimum Gasteiger partial charge on any atom is -0.349 e. The van der Waals surface area contributed by atoms with Crippen LogP contribution < -0.4 is 21.3 Å². The molecule has 0 saturated carbocycles. The molecule has 2 aromatic carbocycles. The average molecular weight is 687 g/mol. The maximum absolute atomic E-state index is 14.6. The number of rotatable bonds is 8. The van der Waals surface area contributed by atoms with Gasteiger partial charge in [0.1, 0.15) is 18.1 Å². The number of nitrogens with one attached hydrogen (secondary N) is 4. The van der Waals surface area contributed by atoms with Crippen LogP contribution in [0.3, 0.4) is 0 Å².